The minimum absolute atomic E-state index is 0.0112. The second-order valence-corrected chi connectivity index (χ2v) is 5.77. The zero-order chi connectivity index (χ0) is 18.2. The molecule has 4 nitrogen and oxygen atoms in total. The van der Waals surface area contributed by atoms with Crippen molar-refractivity contribution in [3.05, 3.63) is 70.2 Å². The van der Waals surface area contributed by atoms with Crippen molar-refractivity contribution in [3.8, 4) is 0 Å². The van der Waals surface area contributed by atoms with Gasteiger partial charge in [0.2, 0.25) is 5.91 Å². The highest BCUT2D eigenvalue weighted by Gasteiger charge is 2.11. The summed E-state index contributed by atoms with van der Waals surface area (Å²) >= 11 is 5.80. The molecule has 2 rings (SSSR count). The van der Waals surface area contributed by atoms with E-state index in [1.165, 1.54) is 18.2 Å². The zero-order valence-electron chi connectivity index (χ0n) is 13.3. The van der Waals surface area contributed by atoms with Gasteiger partial charge in [0.25, 0.3) is 5.91 Å². The molecule has 0 spiro atoms. The van der Waals surface area contributed by atoms with E-state index in [1.54, 1.807) is 12.1 Å². The third-order valence-corrected chi connectivity index (χ3v) is 3.75. The Balaban J connectivity index is 1.68. The van der Waals surface area contributed by atoms with Crippen LogP contribution < -0.4 is 10.6 Å². The van der Waals surface area contributed by atoms with Gasteiger partial charge in [0, 0.05) is 19.5 Å². The maximum atomic E-state index is 13.0. The summed E-state index contributed by atoms with van der Waals surface area (Å²) in [5.74, 6) is -1.55. The summed E-state index contributed by atoms with van der Waals surface area (Å²) in [4.78, 5) is 23.6. The molecule has 0 fully saturated rings. The second kappa shape index (κ2) is 9.13. The van der Waals surface area contributed by atoms with Crippen LogP contribution >= 0.6 is 11.6 Å². The molecule has 0 unspecified atom stereocenters. The Labute approximate surface area is 149 Å². The smallest absolute Gasteiger partial charge is 0.252 e. The van der Waals surface area contributed by atoms with Crippen LogP contribution in [-0.4, -0.2) is 24.9 Å². The Morgan fingerprint density at radius 2 is 1.72 bits per heavy atom. The lowest BCUT2D eigenvalue weighted by Gasteiger charge is -2.08. The molecule has 0 heterocycles. The van der Waals surface area contributed by atoms with Crippen LogP contribution in [0, 0.1) is 11.6 Å². The maximum Gasteiger partial charge on any atom is 0.252 e. The van der Waals surface area contributed by atoms with Crippen molar-refractivity contribution in [1.29, 1.82) is 0 Å². The third-order valence-electron chi connectivity index (χ3n) is 3.44. The van der Waals surface area contributed by atoms with Gasteiger partial charge < -0.3 is 10.6 Å². The van der Waals surface area contributed by atoms with E-state index in [1.807, 2.05) is 0 Å². The van der Waals surface area contributed by atoms with E-state index >= 15 is 0 Å². The van der Waals surface area contributed by atoms with Gasteiger partial charge in [0.1, 0.15) is 11.6 Å². The van der Waals surface area contributed by atoms with Crippen molar-refractivity contribution >= 4 is 23.4 Å². The molecule has 132 valence electrons. The lowest BCUT2D eigenvalue weighted by atomic mass is 10.1. The number of hydrogen-bond donors (Lipinski definition) is 2. The van der Waals surface area contributed by atoms with Crippen molar-refractivity contribution in [1.82, 2.24) is 10.6 Å². The van der Waals surface area contributed by atoms with Crippen LogP contribution in [0.4, 0.5) is 8.78 Å². The van der Waals surface area contributed by atoms with Crippen LogP contribution in [0.3, 0.4) is 0 Å². The zero-order valence-corrected chi connectivity index (χ0v) is 14.1. The van der Waals surface area contributed by atoms with E-state index < -0.39 is 11.7 Å². The van der Waals surface area contributed by atoms with Crippen LogP contribution in [0.5, 0.6) is 0 Å². The summed E-state index contributed by atoms with van der Waals surface area (Å²) in [6, 6.07) is 9.64. The van der Waals surface area contributed by atoms with Gasteiger partial charge in [-0.05, 0) is 42.3 Å². The largest absolute Gasteiger partial charge is 0.356 e. The average Bonchev–Trinajstić information content (AvgIpc) is 2.54. The number of hydrogen-bond acceptors (Lipinski definition) is 2. The maximum absolute atomic E-state index is 13.0. The van der Waals surface area contributed by atoms with Gasteiger partial charge in [-0.25, -0.2) is 8.78 Å². The van der Waals surface area contributed by atoms with Crippen molar-refractivity contribution < 1.29 is 18.4 Å². The van der Waals surface area contributed by atoms with E-state index in [4.69, 9.17) is 11.6 Å². The van der Waals surface area contributed by atoms with Crippen LogP contribution in [0.15, 0.2) is 42.5 Å². The molecular formula is C18H17ClF2N2O2. The lowest BCUT2D eigenvalue weighted by Crippen LogP contribution is -2.31. The summed E-state index contributed by atoms with van der Waals surface area (Å²) in [6.45, 7) is 0.498. The van der Waals surface area contributed by atoms with Gasteiger partial charge in [-0.1, -0.05) is 23.7 Å². The molecule has 2 amide bonds. The minimum Gasteiger partial charge on any atom is -0.356 e. The summed E-state index contributed by atoms with van der Waals surface area (Å²) in [5.41, 5.74) is 0.939. The number of carbonyl (C=O) groups excluding carboxylic acids is 2. The second-order valence-electron chi connectivity index (χ2n) is 5.36. The SMILES string of the molecule is O=C(CCNC(=O)c1ccc(F)cc1Cl)NCCc1cccc(F)c1. The molecular weight excluding hydrogens is 350 g/mol. The third kappa shape index (κ3) is 6.15. The van der Waals surface area contributed by atoms with E-state index in [0.717, 1.165) is 17.7 Å². The van der Waals surface area contributed by atoms with Crippen LogP contribution in [0.1, 0.15) is 22.3 Å². The Morgan fingerprint density at radius 3 is 2.44 bits per heavy atom. The molecule has 0 aliphatic carbocycles. The molecule has 0 aromatic heterocycles. The first-order valence-corrected chi connectivity index (χ1v) is 8.08. The first-order valence-electron chi connectivity index (χ1n) is 7.70. The van der Waals surface area contributed by atoms with Crippen molar-refractivity contribution in [2.24, 2.45) is 0 Å². The molecule has 25 heavy (non-hydrogen) atoms. The molecule has 0 aliphatic rings. The number of halogens is 3. The van der Waals surface area contributed by atoms with E-state index in [9.17, 15) is 18.4 Å². The van der Waals surface area contributed by atoms with Crippen molar-refractivity contribution in [3.63, 3.8) is 0 Å². The summed E-state index contributed by atoms with van der Waals surface area (Å²) in [5, 5.41) is 5.26. The van der Waals surface area contributed by atoms with Crippen LogP contribution in [0.2, 0.25) is 5.02 Å². The molecule has 0 atom stereocenters. The van der Waals surface area contributed by atoms with Gasteiger partial charge in [-0.15, -0.1) is 0 Å². The fourth-order valence-electron chi connectivity index (χ4n) is 2.19. The highest BCUT2D eigenvalue weighted by Crippen LogP contribution is 2.16. The van der Waals surface area contributed by atoms with E-state index in [-0.39, 0.29) is 35.3 Å². The topological polar surface area (TPSA) is 58.2 Å². The van der Waals surface area contributed by atoms with E-state index in [0.29, 0.717) is 13.0 Å². The Hall–Kier alpha value is -2.47. The standard InChI is InChI=1S/C18H17ClF2N2O2/c19-16-11-14(21)4-5-15(16)18(25)23-9-7-17(24)22-8-6-12-2-1-3-13(20)10-12/h1-5,10-11H,6-9H2,(H,22,24)(H,23,25). The first kappa shape index (κ1) is 18.9. The Kier molecular flexibility index (Phi) is 6.89. The summed E-state index contributed by atoms with van der Waals surface area (Å²) in [6.07, 6.45) is 0.606. The Morgan fingerprint density at radius 1 is 0.960 bits per heavy atom. The number of rotatable bonds is 7. The molecule has 2 aromatic carbocycles. The number of nitrogens with one attached hydrogen (secondary N) is 2. The normalized spacial score (nSPS) is 10.4. The van der Waals surface area contributed by atoms with Crippen LogP contribution in [-0.2, 0) is 11.2 Å². The molecule has 7 heteroatoms. The summed E-state index contributed by atoms with van der Waals surface area (Å²) < 4.78 is 26.0. The molecule has 0 saturated carbocycles. The van der Waals surface area contributed by atoms with Gasteiger partial charge >= 0.3 is 0 Å². The van der Waals surface area contributed by atoms with Crippen molar-refractivity contribution in [2.75, 3.05) is 13.1 Å². The highest BCUT2D eigenvalue weighted by molar-refractivity contribution is 6.33. The van der Waals surface area contributed by atoms with Gasteiger partial charge in [0.05, 0.1) is 10.6 Å². The predicted octanol–water partition coefficient (Wildman–Crippen LogP) is 3.10. The van der Waals surface area contributed by atoms with Gasteiger partial charge in [-0.3, -0.25) is 9.59 Å². The van der Waals surface area contributed by atoms with Crippen LogP contribution in [0.25, 0.3) is 0 Å². The van der Waals surface area contributed by atoms with E-state index in [2.05, 4.69) is 10.6 Å². The number of carbonyl (C=O) groups is 2. The fourth-order valence-corrected chi connectivity index (χ4v) is 2.44. The minimum atomic E-state index is -0.528. The predicted molar refractivity (Wildman–Crippen MR) is 91.5 cm³/mol. The number of benzene rings is 2. The van der Waals surface area contributed by atoms with Gasteiger partial charge in [0.15, 0.2) is 0 Å². The average molecular weight is 367 g/mol. The number of amides is 2. The van der Waals surface area contributed by atoms with Gasteiger partial charge in [-0.2, -0.15) is 0 Å². The summed E-state index contributed by atoms with van der Waals surface area (Å²) in [7, 11) is 0. The quantitative estimate of drug-likeness (QED) is 0.791. The lowest BCUT2D eigenvalue weighted by molar-refractivity contribution is -0.120. The molecule has 2 N–H and O–H groups in total. The highest BCUT2D eigenvalue weighted by atomic mass is 35.5. The van der Waals surface area contributed by atoms with Crippen molar-refractivity contribution in [2.45, 2.75) is 12.8 Å². The molecule has 0 saturated heterocycles. The fraction of sp³-hybridized carbons (Fsp3) is 0.222. The Bertz CT molecular complexity index is 768. The first-order chi connectivity index (χ1) is 12.0. The molecule has 0 aliphatic heterocycles. The monoisotopic (exact) mass is 366 g/mol. The molecule has 2 aromatic rings. The molecule has 0 bridgehead atoms. The molecule has 0 radical (unpaired) electrons.